The number of amides is 2. The number of nitrogens with zero attached hydrogens (tertiary/aromatic N) is 1. The summed E-state index contributed by atoms with van der Waals surface area (Å²) in [6.07, 6.45) is 4.18. The highest BCUT2D eigenvalue weighted by molar-refractivity contribution is 5.81. The van der Waals surface area contributed by atoms with Gasteiger partial charge in [0.05, 0.1) is 0 Å². The molecule has 0 atom stereocenters. The first-order chi connectivity index (χ1) is 12.5. The van der Waals surface area contributed by atoms with Crippen LogP contribution in [-0.4, -0.2) is 43.9 Å². The van der Waals surface area contributed by atoms with E-state index in [1.807, 2.05) is 26.2 Å². The predicted molar refractivity (Wildman–Crippen MR) is 105 cm³/mol. The maximum Gasteiger partial charge on any atom is 0.223 e. The highest BCUT2D eigenvalue weighted by Crippen LogP contribution is 2.29. The number of carbonyl (C=O) groups is 2. The standard InChI is InChI=1S/C21H33N3O2/c1-16-6-4-7-17(14-16)15-23-21(26)19-10-8-18(9-11-19)20(25)22-12-5-13-24(2)3/h4,6-7,14,18-19H,5,8-13,15H2,1-3H3,(H,22,25)(H,23,26). The fraction of sp³-hybridized carbons (Fsp3) is 0.619. The summed E-state index contributed by atoms with van der Waals surface area (Å²) in [4.78, 5) is 26.7. The predicted octanol–water partition coefficient (Wildman–Crippen LogP) is 2.49. The molecule has 0 aliphatic heterocycles. The van der Waals surface area contributed by atoms with Gasteiger partial charge in [-0.15, -0.1) is 0 Å². The molecule has 1 aliphatic rings. The lowest BCUT2D eigenvalue weighted by atomic mass is 9.81. The summed E-state index contributed by atoms with van der Waals surface area (Å²) in [7, 11) is 4.07. The van der Waals surface area contributed by atoms with Crippen molar-refractivity contribution in [1.82, 2.24) is 15.5 Å². The van der Waals surface area contributed by atoms with Gasteiger partial charge < -0.3 is 15.5 Å². The van der Waals surface area contributed by atoms with E-state index in [9.17, 15) is 9.59 Å². The third-order valence-electron chi connectivity index (χ3n) is 5.10. The van der Waals surface area contributed by atoms with Crippen molar-refractivity contribution < 1.29 is 9.59 Å². The molecule has 0 bridgehead atoms. The van der Waals surface area contributed by atoms with Gasteiger partial charge in [0.1, 0.15) is 0 Å². The molecule has 26 heavy (non-hydrogen) atoms. The normalized spacial score (nSPS) is 20.0. The van der Waals surface area contributed by atoms with Crippen LogP contribution >= 0.6 is 0 Å². The van der Waals surface area contributed by atoms with E-state index in [1.54, 1.807) is 0 Å². The molecule has 0 heterocycles. The summed E-state index contributed by atoms with van der Waals surface area (Å²) in [5, 5.41) is 6.09. The average molecular weight is 360 g/mol. The molecule has 5 heteroatoms. The van der Waals surface area contributed by atoms with Crippen molar-refractivity contribution in [2.75, 3.05) is 27.2 Å². The Hall–Kier alpha value is -1.88. The minimum absolute atomic E-state index is 0.0394. The first-order valence-electron chi connectivity index (χ1n) is 9.71. The number of aryl methyl sites for hydroxylation is 1. The molecule has 2 N–H and O–H groups in total. The van der Waals surface area contributed by atoms with Crippen molar-refractivity contribution >= 4 is 11.8 Å². The molecule has 0 aromatic heterocycles. The first-order valence-corrected chi connectivity index (χ1v) is 9.71. The fourth-order valence-corrected chi connectivity index (χ4v) is 3.52. The smallest absolute Gasteiger partial charge is 0.223 e. The molecule has 5 nitrogen and oxygen atoms in total. The highest BCUT2D eigenvalue weighted by atomic mass is 16.2. The van der Waals surface area contributed by atoms with E-state index < -0.39 is 0 Å². The molecule has 1 fully saturated rings. The second-order valence-electron chi connectivity index (χ2n) is 7.70. The summed E-state index contributed by atoms with van der Waals surface area (Å²) in [6, 6.07) is 8.19. The van der Waals surface area contributed by atoms with Crippen molar-refractivity contribution in [1.29, 1.82) is 0 Å². The van der Waals surface area contributed by atoms with E-state index in [0.717, 1.165) is 50.8 Å². The summed E-state index contributed by atoms with van der Waals surface area (Å²) in [5.74, 6) is 0.381. The Morgan fingerprint density at radius 3 is 2.23 bits per heavy atom. The van der Waals surface area contributed by atoms with E-state index in [-0.39, 0.29) is 23.7 Å². The quantitative estimate of drug-likeness (QED) is 0.701. The molecule has 1 aromatic carbocycles. The second kappa shape index (κ2) is 10.3. The summed E-state index contributed by atoms with van der Waals surface area (Å²) < 4.78 is 0. The van der Waals surface area contributed by atoms with Crippen LogP contribution in [0.4, 0.5) is 0 Å². The second-order valence-corrected chi connectivity index (χ2v) is 7.70. The van der Waals surface area contributed by atoms with Crippen LogP contribution in [0.5, 0.6) is 0 Å². The molecular formula is C21H33N3O2. The summed E-state index contributed by atoms with van der Waals surface area (Å²) in [5.41, 5.74) is 2.33. The van der Waals surface area contributed by atoms with Gasteiger partial charge in [0.25, 0.3) is 0 Å². The summed E-state index contributed by atoms with van der Waals surface area (Å²) in [6.45, 7) is 4.34. The van der Waals surface area contributed by atoms with Gasteiger partial charge in [-0.25, -0.2) is 0 Å². The van der Waals surface area contributed by atoms with E-state index in [1.165, 1.54) is 5.56 Å². The highest BCUT2D eigenvalue weighted by Gasteiger charge is 2.29. The number of hydrogen-bond donors (Lipinski definition) is 2. The van der Waals surface area contributed by atoms with Crippen molar-refractivity contribution in [3.63, 3.8) is 0 Å². The Bertz CT molecular complexity index is 593. The Morgan fingerprint density at radius 2 is 1.65 bits per heavy atom. The topological polar surface area (TPSA) is 61.4 Å². The van der Waals surface area contributed by atoms with Crippen LogP contribution in [0.3, 0.4) is 0 Å². The lowest BCUT2D eigenvalue weighted by Gasteiger charge is -2.27. The van der Waals surface area contributed by atoms with Gasteiger partial charge in [-0.05, 0) is 65.2 Å². The van der Waals surface area contributed by atoms with Gasteiger partial charge in [-0.2, -0.15) is 0 Å². The zero-order chi connectivity index (χ0) is 18.9. The van der Waals surface area contributed by atoms with Gasteiger partial charge >= 0.3 is 0 Å². The van der Waals surface area contributed by atoms with Gasteiger partial charge in [0, 0.05) is 24.9 Å². The van der Waals surface area contributed by atoms with Crippen LogP contribution in [0.15, 0.2) is 24.3 Å². The van der Waals surface area contributed by atoms with Crippen molar-refractivity contribution in [2.45, 2.75) is 45.6 Å². The number of benzene rings is 1. The molecule has 2 rings (SSSR count). The monoisotopic (exact) mass is 359 g/mol. The zero-order valence-corrected chi connectivity index (χ0v) is 16.4. The van der Waals surface area contributed by atoms with E-state index in [0.29, 0.717) is 6.54 Å². The van der Waals surface area contributed by atoms with Gasteiger partial charge in [0.15, 0.2) is 0 Å². The van der Waals surface area contributed by atoms with Gasteiger partial charge in [-0.1, -0.05) is 29.8 Å². The SMILES string of the molecule is Cc1cccc(CNC(=O)C2CCC(C(=O)NCCCN(C)C)CC2)c1. The molecule has 0 unspecified atom stereocenters. The fourth-order valence-electron chi connectivity index (χ4n) is 3.52. The lowest BCUT2D eigenvalue weighted by Crippen LogP contribution is -2.38. The molecule has 0 radical (unpaired) electrons. The van der Waals surface area contributed by atoms with E-state index in [4.69, 9.17) is 0 Å². The molecular weight excluding hydrogens is 326 g/mol. The Labute approximate surface area is 157 Å². The third kappa shape index (κ3) is 6.79. The molecule has 2 amide bonds. The zero-order valence-electron chi connectivity index (χ0n) is 16.4. The number of hydrogen-bond acceptors (Lipinski definition) is 3. The van der Waals surface area contributed by atoms with E-state index >= 15 is 0 Å². The van der Waals surface area contributed by atoms with Crippen molar-refractivity contribution in [2.24, 2.45) is 11.8 Å². The number of rotatable bonds is 8. The van der Waals surface area contributed by atoms with E-state index in [2.05, 4.69) is 34.6 Å². The van der Waals surface area contributed by atoms with Gasteiger partial charge in [0.2, 0.25) is 11.8 Å². The molecule has 144 valence electrons. The summed E-state index contributed by atoms with van der Waals surface area (Å²) >= 11 is 0. The molecule has 1 saturated carbocycles. The lowest BCUT2D eigenvalue weighted by molar-refractivity contribution is -0.130. The number of carbonyl (C=O) groups excluding carboxylic acids is 2. The van der Waals surface area contributed by atoms with Crippen LogP contribution in [0.1, 0.15) is 43.2 Å². The Kier molecular flexibility index (Phi) is 8.10. The Balaban J connectivity index is 1.67. The maximum absolute atomic E-state index is 12.4. The van der Waals surface area contributed by atoms with Crippen molar-refractivity contribution in [3.05, 3.63) is 35.4 Å². The minimum atomic E-state index is 0.0394. The Morgan fingerprint density at radius 1 is 1.04 bits per heavy atom. The number of nitrogens with one attached hydrogen (secondary N) is 2. The van der Waals surface area contributed by atoms with Crippen LogP contribution in [0.2, 0.25) is 0 Å². The van der Waals surface area contributed by atoms with Crippen LogP contribution < -0.4 is 10.6 Å². The average Bonchev–Trinajstić information content (AvgIpc) is 2.63. The van der Waals surface area contributed by atoms with Crippen LogP contribution in [0, 0.1) is 18.8 Å². The van der Waals surface area contributed by atoms with Crippen molar-refractivity contribution in [3.8, 4) is 0 Å². The first kappa shape index (κ1) is 20.4. The minimum Gasteiger partial charge on any atom is -0.356 e. The van der Waals surface area contributed by atoms with Crippen LogP contribution in [-0.2, 0) is 16.1 Å². The largest absolute Gasteiger partial charge is 0.356 e. The molecule has 0 spiro atoms. The third-order valence-corrected chi connectivity index (χ3v) is 5.10. The van der Waals surface area contributed by atoms with Gasteiger partial charge in [-0.3, -0.25) is 9.59 Å². The molecule has 0 saturated heterocycles. The van der Waals surface area contributed by atoms with Crippen LogP contribution in [0.25, 0.3) is 0 Å². The molecule has 1 aromatic rings. The molecule has 1 aliphatic carbocycles. The maximum atomic E-state index is 12.4.